The molecular weight excluding hydrogens is 455 g/mol. The minimum Gasteiger partial charge on any atom is -0.369 e. The first kappa shape index (κ1) is 22.1. The smallest absolute Gasteiger partial charge is 0.336 e. The molecule has 1 aliphatic rings. The highest BCUT2D eigenvalue weighted by atomic mass is 35.5. The molecule has 0 saturated carbocycles. The van der Waals surface area contributed by atoms with Gasteiger partial charge in [0.2, 0.25) is 11.8 Å². The minimum absolute atomic E-state index is 0.198. The molecule has 0 spiro atoms. The molecule has 166 valence electrons. The van der Waals surface area contributed by atoms with E-state index in [9.17, 15) is 19.2 Å². The van der Waals surface area contributed by atoms with E-state index in [0.29, 0.717) is 41.9 Å². The van der Waals surface area contributed by atoms with Crippen molar-refractivity contribution in [2.45, 2.75) is 19.4 Å². The van der Waals surface area contributed by atoms with Gasteiger partial charge in [0.15, 0.2) is 0 Å². The molecular formula is C22H20Cl2N4O4. The van der Waals surface area contributed by atoms with Gasteiger partial charge in [-0.1, -0.05) is 35.3 Å². The summed E-state index contributed by atoms with van der Waals surface area (Å²) in [5.41, 5.74) is 4.80. The highest BCUT2D eigenvalue weighted by molar-refractivity contribution is 6.42. The van der Waals surface area contributed by atoms with E-state index in [4.69, 9.17) is 28.9 Å². The predicted molar refractivity (Wildman–Crippen MR) is 122 cm³/mol. The average Bonchev–Trinajstić information content (AvgIpc) is 2.79. The molecule has 32 heavy (non-hydrogen) atoms. The molecule has 0 aliphatic carbocycles. The van der Waals surface area contributed by atoms with Crippen LogP contribution >= 0.6 is 23.2 Å². The van der Waals surface area contributed by atoms with Crippen LogP contribution in [0.25, 0.3) is 16.6 Å². The zero-order valence-corrected chi connectivity index (χ0v) is 18.5. The summed E-state index contributed by atoms with van der Waals surface area (Å²) in [5.74, 6) is -0.897. The predicted octanol–water partition coefficient (Wildman–Crippen LogP) is 2.18. The maximum atomic E-state index is 13.4. The van der Waals surface area contributed by atoms with E-state index < -0.39 is 11.2 Å². The lowest BCUT2D eigenvalue weighted by Crippen LogP contribution is -2.46. The Morgan fingerprint density at radius 1 is 1.00 bits per heavy atom. The van der Waals surface area contributed by atoms with E-state index in [0.717, 1.165) is 4.57 Å². The van der Waals surface area contributed by atoms with Crippen molar-refractivity contribution >= 4 is 45.9 Å². The van der Waals surface area contributed by atoms with Crippen LogP contribution < -0.4 is 17.0 Å². The number of para-hydroxylation sites is 1. The van der Waals surface area contributed by atoms with E-state index in [1.54, 1.807) is 29.2 Å². The molecule has 1 saturated heterocycles. The maximum absolute atomic E-state index is 13.4. The van der Waals surface area contributed by atoms with Crippen LogP contribution in [0, 0.1) is 5.92 Å². The van der Waals surface area contributed by atoms with E-state index in [-0.39, 0.29) is 35.0 Å². The van der Waals surface area contributed by atoms with Crippen molar-refractivity contribution in [1.82, 2.24) is 14.0 Å². The number of piperidine rings is 1. The lowest BCUT2D eigenvalue weighted by molar-refractivity contribution is -0.135. The Labute approximate surface area is 192 Å². The second-order valence-corrected chi connectivity index (χ2v) is 8.50. The molecule has 4 rings (SSSR count). The van der Waals surface area contributed by atoms with Gasteiger partial charge in [-0.25, -0.2) is 9.36 Å². The summed E-state index contributed by atoms with van der Waals surface area (Å²) in [6, 6.07) is 11.1. The molecule has 2 amide bonds. The van der Waals surface area contributed by atoms with Crippen molar-refractivity contribution in [3.05, 3.63) is 73.3 Å². The number of fused-ring (bicyclic) bond motifs is 1. The van der Waals surface area contributed by atoms with Crippen molar-refractivity contribution in [1.29, 1.82) is 0 Å². The molecule has 2 aromatic carbocycles. The van der Waals surface area contributed by atoms with E-state index in [1.165, 1.54) is 22.8 Å². The lowest BCUT2D eigenvalue weighted by Gasteiger charge is -2.31. The van der Waals surface area contributed by atoms with Gasteiger partial charge in [-0.3, -0.25) is 19.0 Å². The van der Waals surface area contributed by atoms with Crippen LogP contribution in [0.15, 0.2) is 52.1 Å². The Hall–Kier alpha value is -3.10. The highest BCUT2D eigenvalue weighted by Gasteiger charge is 2.27. The van der Waals surface area contributed by atoms with E-state index in [2.05, 4.69) is 0 Å². The van der Waals surface area contributed by atoms with Crippen molar-refractivity contribution in [2.24, 2.45) is 11.7 Å². The van der Waals surface area contributed by atoms with Gasteiger partial charge in [0.1, 0.15) is 6.54 Å². The summed E-state index contributed by atoms with van der Waals surface area (Å²) in [4.78, 5) is 52.5. The molecule has 10 heteroatoms. The Kier molecular flexibility index (Phi) is 6.08. The van der Waals surface area contributed by atoms with Crippen molar-refractivity contribution in [3.8, 4) is 5.69 Å². The molecule has 2 heterocycles. The third kappa shape index (κ3) is 4.03. The Morgan fingerprint density at radius 3 is 2.34 bits per heavy atom. The van der Waals surface area contributed by atoms with Crippen LogP contribution in [0.4, 0.5) is 0 Å². The molecule has 1 fully saturated rings. The fourth-order valence-corrected chi connectivity index (χ4v) is 4.27. The maximum Gasteiger partial charge on any atom is 0.336 e. The van der Waals surface area contributed by atoms with Crippen molar-refractivity contribution in [3.63, 3.8) is 0 Å². The topological polar surface area (TPSA) is 107 Å². The molecule has 0 bridgehead atoms. The normalized spacial score (nSPS) is 14.6. The second kappa shape index (κ2) is 8.80. The third-order valence-electron chi connectivity index (χ3n) is 5.76. The quantitative estimate of drug-likeness (QED) is 0.624. The SMILES string of the molecule is NC(=O)C1CCN(C(=O)Cn2c(=O)n(-c3ccc(Cl)c(Cl)c3)c(=O)c3ccccc32)CC1. The number of carbonyl (C=O) groups excluding carboxylic acids is 2. The molecule has 1 aliphatic heterocycles. The van der Waals surface area contributed by atoms with Crippen LogP contribution in [-0.4, -0.2) is 38.9 Å². The number of primary amides is 1. The van der Waals surface area contributed by atoms with E-state index >= 15 is 0 Å². The highest BCUT2D eigenvalue weighted by Crippen LogP contribution is 2.24. The molecule has 2 N–H and O–H groups in total. The van der Waals surface area contributed by atoms with Crippen molar-refractivity contribution < 1.29 is 9.59 Å². The number of halogens is 2. The number of carbonyl (C=O) groups is 2. The average molecular weight is 475 g/mol. The van der Waals surface area contributed by atoms with Gasteiger partial charge in [-0.05, 0) is 43.2 Å². The van der Waals surface area contributed by atoms with Crippen LogP contribution in [0.2, 0.25) is 10.0 Å². The largest absolute Gasteiger partial charge is 0.369 e. The Balaban J connectivity index is 1.77. The van der Waals surface area contributed by atoms with Gasteiger partial charge >= 0.3 is 5.69 Å². The van der Waals surface area contributed by atoms with Gasteiger partial charge < -0.3 is 10.6 Å². The first-order valence-electron chi connectivity index (χ1n) is 10.0. The molecule has 1 aromatic heterocycles. The number of nitrogens with two attached hydrogens (primary N) is 1. The first-order valence-corrected chi connectivity index (χ1v) is 10.8. The number of aromatic nitrogens is 2. The lowest BCUT2D eigenvalue weighted by atomic mass is 9.96. The van der Waals surface area contributed by atoms with Gasteiger partial charge in [0.25, 0.3) is 5.56 Å². The number of amides is 2. The fourth-order valence-electron chi connectivity index (χ4n) is 3.97. The van der Waals surface area contributed by atoms with Crippen LogP contribution in [-0.2, 0) is 16.1 Å². The number of hydrogen-bond acceptors (Lipinski definition) is 4. The van der Waals surface area contributed by atoms with Gasteiger partial charge in [-0.2, -0.15) is 0 Å². The van der Waals surface area contributed by atoms with Crippen LogP contribution in [0.3, 0.4) is 0 Å². The molecule has 8 nitrogen and oxygen atoms in total. The van der Waals surface area contributed by atoms with E-state index in [1.807, 2.05) is 0 Å². The van der Waals surface area contributed by atoms with Crippen LogP contribution in [0.1, 0.15) is 12.8 Å². The third-order valence-corrected chi connectivity index (χ3v) is 6.49. The number of nitrogens with zero attached hydrogens (tertiary/aromatic N) is 3. The summed E-state index contributed by atoms with van der Waals surface area (Å²) in [6.07, 6.45) is 0.971. The Bertz CT molecular complexity index is 1340. The minimum atomic E-state index is -0.660. The molecule has 0 atom stereocenters. The van der Waals surface area contributed by atoms with Crippen LogP contribution in [0.5, 0.6) is 0 Å². The monoisotopic (exact) mass is 474 g/mol. The van der Waals surface area contributed by atoms with Gasteiger partial charge in [0, 0.05) is 19.0 Å². The summed E-state index contributed by atoms with van der Waals surface area (Å²) in [5, 5.41) is 0.779. The summed E-state index contributed by atoms with van der Waals surface area (Å²) >= 11 is 12.1. The number of benzene rings is 2. The number of likely N-dealkylation sites (tertiary alicyclic amines) is 1. The zero-order chi connectivity index (χ0) is 23.0. The zero-order valence-electron chi connectivity index (χ0n) is 17.0. The first-order chi connectivity index (χ1) is 15.3. The Morgan fingerprint density at radius 2 is 1.69 bits per heavy atom. The van der Waals surface area contributed by atoms with Gasteiger partial charge in [-0.15, -0.1) is 0 Å². The fraction of sp³-hybridized carbons (Fsp3) is 0.273. The molecule has 0 radical (unpaired) electrons. The summed E-state index contributed by atoms with van der Waals surface area (Å²) < 4.78 is 2.26. The summed E-state index contributed by atoms with van der Waals surface area (Å²) in [7, 11) is 0. The van der Waals surface area contributed by atoms with Gasteiger partial charge in [0.05, 0.1) is 26.6 Å². The molecule has 0 unspecified atom stereocenters. The molecule has 3 aromatic rings. The van der Waals surface area contributed by atoms with Crippen molar-refractivity contribution in [2.75, 3.05) is 13.1 Å². The number of hydrogen-bond donors (Lipinski definition) is 1. The standard InChI is InChI=1S/C22H20Cl2N4O4/c23-16-6-5-14(11-17(16)24)28-21(31)15-3-1-2-4-18(15)27(22(28)32)12-19(29)26-9-7-13(8-10-26)20(25)30/h1-6,11,13H,7-10,12H2,(H2,25,30). The second-order valence-electron chi connectivity index (χ2n) is 7.68. The number of rotatable bonds is 4. The summed E-state index contributed by atoms with van der Waals surface area (Å²) in [6.45, 7) is 0.513.